The van der Waals surface area contributed by atoms with Crippen LogP contribution in [0.4, 0.5) is 0 Å². The predicted molar refractivity (Wildman–Crippen MR) is 71.4 cm³/mol. The molecule has 1 aromatic heterocycles. The van der Waals surface area contributed by atoms with Crippen LogP contribution in [-0.2, 0) is 11.3 Å². The predicted octanol–water partition coefficient (Wildman–Crippen LogP) is 1.69. The average Bonchev–Trinajstić information content (AvgIpc) is 2.84. The molecule has 1 aliphatic rings. The van der Waals surface area contributed by atoms with Gasteiger partial charge < -0.3 is 14.6 Å². The van der Waals surface area contributed by atoms with Crippen LogP contribution >= 0.6 is 11.8 Å². The van der Waals surface area contributed by atoms with Crippen molar-refractivity contribution in [3.05, 3.63) is 18.2 Å². The maximum Gasteiger partial charge on any atom is 0.111 e. The number of aryl methyl sites for hydroxylation is 1. The Hall–Kier alpha value is -0.520. The molecule has 4 nitrogen and oxygen atoms in total. The maximum atomic E-state index is 5.76. The van der Waals surface area contributed by atoms with E-state index < -0.39 is 0 Å². The van der Waals surface area contributed by atoms with Crippen LogP contribution < -0.4 is 5.32 Å². The van der Waals surface area contributed by atoms with Crippen molar-refractivity contribution in [3.8, 4) is 0 Å². The zero-order valence-corrected chi connectivity index (χ0v) is 11.2. The molecule has 0 amide bonds. The van der Waals surface area contributed by atoms with Crippen molar-refractivity contribution >= 4 is 11.8 Å². The smallest absolute Gasteiger partial charge is 0.111 e. The first kappa shape index (κ1) is 12.9. The first-order valence-corrected chi connectivity index (χ1v) is 7.47. The second kappa shape index (κ2) is 7.03. The molecule has 1 N–H and O–H groups in total. The van der Waals surface area contributed by atoms with E-state index in [1.54, 1.807) is 0 Å². The highest BCUT2D eigenvalue weighted by Crippen LogP contribution is 2.18. The Labute approximate surface area is 107 Å². The lowest BCUT2D eigenvalue weighted by atomic mass is 10.2. The highest BCUT2D eigenvalue weighted by Gasteiger charge is 2.19. The minimum atomic E-state index is 0.171. The third-order valence-corrected chi connectivity index (χ3v) is 3.88. The normalized spacial score (nSPS) is 20.6. The number of imidazole rings is 1. The van der Waals surface area contributed by atoms with Gasteiger partial charge in [-0.1, -0.05) is 6.92 Å². The summed E-state index contributed by atoms with van der Waals surface area (Å²) in [5.74, 6) is 2.42. The highest BCUT2D eigenvalue weighted by atomic mass is 32.2. The van der Waals surface area contributed by atoms with Crippen molar-refractivity contribution in [1.82, 2.24) is 14.9 Å². The molecule has 96 valence electrons. The fourth-order valence-electron chi connectivity index (χ4n) is 2.02. The molecule has 1 aromatic rings. The quantitative estimate of drug-likeness (QED) is 0.785. The van der Waals surface area contributed by atoms with Gasteiger partial charge in [-0.3, -0.25) is 0 Å². The minimum absolute atomic E-state index is 0.171. The molecule has 1 atom stereocenters. The zero-order valence-electron chi connectivity index (χ0n) is 10.4. The molecule has 0 spiro atoms. The van der Waals surface area contributed by atoms with Crippen LogP contribution in [0.15, 0.2) is 12.5 Å². The molecule has 1 fully saturated rings. The van der Waals surface area contributed by atoms with E-state index in [1.807, 2.05) is 24.3 Å². The summed E-state index contributed by atoms with van der Waals surface area (Å²) in [7, 11) is 0. The molecule has 0 radical (unpaired) electrons. The number of nitrogens with one attached hydrogen (secondary N) is 1. The number of morpholine rings is 1. The van der Waals surface area contributed by atoms with Crippen LogP contribution in [0, 0.1) is 0 Å². The van der Waals surface area contributed by atoms with Gasteiger partial charge in [-0.05, 0) is 17.9 Å². The summed E-state index contributed by atoms with van der Waals surface area (Å²) in [4.78, 5) is 4.24. The second-order valence-electron chi connectivity index (χ2n) is 4.13. The summed E-state index contributed by atoms with van der Waals surface area (Å²) in [5, 5.41) is 3.36. The highest BCUT2D eigenvalue weighted by molar-refractivity contribution is 7.99. The molecule has 1 unspecified atom stereocenters. The third kappa shape index (κ3) is 3.72. The lowest BCUT2D eigenvalue weighted by Gasteiger charge is -2.24. The van der Waals surface area contributed by atoms with Gasteiger partial charge in [0.05, 0.1) is 24.8 Å². The first-order chi connectivity index (χ1) is 8.42. The third-order valence-electron chi connectivity index (χ3n) is 2.89. The molecule has 5 heteroatoms. The molecule has 0 aromatic carbocycles. The van der Waals surface area contributed by atoms with Gasteiger partial charge in [0.25, 0.3) is 0 Å². The van der Waals surface area contributed by atoms with Crippen molar-refractivity contribution < 1.29 is 4.74 Å². The van der Waals surface area contributed by atoms with E-state index in [-0.39, 0.29) is 6.10 Å². The monoisotopic (exact) mass is 255 g/mol. The number of ether oxygens (including phenoxy) is 1. The molecule has 2 heterocycles. The first-order valence-electron chi connectivity index (χ1n) is 6.32. The molecule has 2 rings (SSSR count). The van der Waals surface area contributed by atoms with E-state index in [4.69, 9.17) is 4.74 Å². The Morgan fingerprint density at radius 1 is 1.65 bits per heavy atom. The zero-order chi connectivity index (χ0) is 11.9. The Balaban J connectivity index is 1.87. The van der Waals surface area contributed by atoms with Crippen LogP contribution in [0.25, 0.3) is 0 Å². The Morgan fingerprint density at radius 2 is 2.59 bits per heavy atom. The molecular weight excluding hydrogens is 234 g/mol. The SMILES string of the molecule is CCSCCCn1cncc1C1CNCCO1. The molecule has 0 aliphatic carbocycles. The van der Waals surface area contributed by atoms with Crippen molar-refractivity contribution in [2.45, 2.75) is 26.0 Å². The van der Waals surface area contributed by atoms with E-state index in [9.17, 15) is 0 Å². The maximum absolute atomic E-state index is 5.76. The standard InChI is InChI=1S/C12H21N3OS/c1-2-17-7-3-5-15-10-14-8-11(15)12-9-13-4-6-16-12/h8,10,12-13H,2-7,9H2,1H3. The van der Waals surface area contributed by atoms with Crippen LogP contribution in [0.3, 0.4) is 0 Å². The molecular formula is C12H21N3OS. The van der Waals surface area contributed by atoms with E-state index in [2.05, 4.69) is 21.8 Å². The van der Waals surface area contributed by atoms with Gasteiger partial charge >= 0.3 is 0 Å². The van der Waals surface area contributed by atoms with Crippen LogP contribution in [-0.4, -0.2) is 40.8 Å². The van der Waals surface area contributed by atoms with Gasteiger partial charge in [0.15, 0.2) is 0 Å². The summed E-state index contributed by atoms with van der Waals surface area (Å²) in [6.07, 6.45) is 5.22. The molecule has 0 bridgehead atoms. The summed E-state index contributed by atoms with van der Waals surface area (Å²) in [6, 6.07) is 0. The Bertz CT molecular complexity index is 323. The number of thioether (sulfide) groups is 1. The minimum Gasteiger partial charge on any atom is -0.369 e. The fourth-order valence-corrected chi connectivity index (χ4v) is 2.64. The lowest BCUT2D eigenvalue weighted by molar-refractivity contribution is 0.0227. The molecule has 1 aliphatic heterocycles. The molecule has 1 saturated heterocycles. The Morgan fingerprint density at radius 3 is 3.35 bits per heavy atom. The number of hydrogen-bond acceptors (Lipinski definition) is 4. The second-order valence-corrected chi connectivity index (χ2v) is 5.52. The number of rotatable bonds is 6. The van der Waals surface area contributed by atoms with E-state index in [0.29, 0.717) is 0 Å². The number of nitrogens with zero attached hydrogens (tertiary/aromatic N) is 2. The number of aromatic nitrogens is 2. The van der Waals surface area contributed by atoms with Crippen LogP contribution in [0.5, 0.6) is 0 Å². The summed E-state index contributed by atoms with van der Waals surface area (Å²) in [5.41, 5.74) is 1.21. The number of hydrogen-bond donors (Lipinski definition) is 1. The van der Waals surface area contributed by atoms with Crippen molar-refractivity contribution in [1.29, 1.82) is 0 Å². The van der Waals surface area contributed by atoms with E-state index in [0.717, 1.165) is 26.2 Å². The van der Waals surface area contributed by atoms with Crippen LogP contribution in [0.2, 0.25) is 0 Å². The van der Waals surface area contributed by atoms with Crippen molar-refractivity contribution in [2.75, 3.05) is 31.2 Å². The molecule has 17 heavy (non-hydrogen) atoms. The summed E-state index contributed by atoms with van der Waals surface area (Å²) in [6.45, 7) is 5.89. The topological polar surface area (TPSA) is 39.1 Å². The van der Waals surface area contributed by atoms with Crippen molar-refractivity contribution in [3.63, 3.8) is 0 Å². The Kier molecular flexibility index (Phi) is 5.35. The van der Waals surface area contributed by atoms with Gasteiger partial charge in [-0.15, -0.1) is 0 Å². The van der Waals surface area contributed by atoms with Gasteiger partial charge in [-0.25, -0.2) is 4.98 Å². The largest absolute Gasteiger partial charge is 0.369 e. The van der Waals surface area contributed by atoms with E-state index in [1.165, 1.54) is 23.6 Å². The lowest BCUT2D eigenvalue weighted by Crippen LogP contribution is -2.34. The van der Waals surface area contributed by atoms with Crippen molar-refractivity contribution in [2.24, 2.45) is 0 Å². The van der Waals surface area contributed by atoms with Gasteiger partial charge in [0.2, 0.25) is 0 Å². The summed E-state index contributed by atoms with van der Waals surface area (Å²) >= 11 is 1.99. The van der Waals surface area contributed by atoms with E-state index >= 15 is 0 Å². The fraction of sp³-hybridized carbons (Fsp3) is 0.750. The van der Waals surface area contributed by atoms with Gasteiger partial charge in [-0.2, -0.15) is 11.8 Å². The summed E-state index contributed by atoms with van der Waals surface area (Å²) < 4.78 is 7.99. The van der Waals surface area contributed by atoms with Gasteiger partial charge in [0, 0.05) is 19.6 Å². The average molecular weight is 255 g/mol. The van der Waals surface area contributed by atoms with Crippen LogP contribution in [0.1, 0.15) is 25.1 Å². The van der Waals surface area contributed by atoms with Gasteiger partial charge in [0.1, 0.15) is 6.10 Å². The molecule has 0 saturated carbocycles.